The van der Waals surface area contributed by atoms with E-state index in [4.69, 9.17) is 11.5 Å². The van der Waals surface area contributed by atoms with Gasteiger partial charge in [-0.15, -0.1) is 0 Å². The summed E-state index contributed by atoms with van der Waals surface area (Å²) in [6.45, 7) is 0. The minimum atomic E-state index is -1.44. The Morgan fingerprint density at radius 2 is 1.58 bits per heavy atom. The van der Waals surface area contributed by atoms with E-state index >= 15 is 0 Å². The summed E-state index contributed by atoms with van der Waals surface area (Å²) >= 11 is 0. The van der Waals surface area contributed by atoms with Crippen LogP contribution in [0.5, 0.6) is 0 Å². The van der Waals surface area contributed by atoms with Crippen LogP contribution in [-0.4, -0.2) is 40.5 Å². The number of nitrogens with zero attached hydrogens (tertiary/aromatic N) is 1. The van der Waals surface area contributed by atoms with E-state index in [9.17, 15) is 19.2 Å². The number of rotatable bonds is 3. The minimum absolute atomic E-state index is 0.202. The molecule has 0 aromatic rings. The van der Waals surface area contributed by atoms with Crippen molar-refractivity contribution in [2.45, 2.75) is 44.2 Å². The van der Waals surface area contributed by atoms with E-state index in [2.05, 4.69) is 0 Å². The van der Waals surface area contributed by atoms with E-state index in [-0.39, 0.29) is 6.04 Å². The zero-order chi connectivity index (χ0) is 14.2. The van der Waals surface area contributed by atoms with Crippen LogP contribution in [0.4, 0.5) is 0 Å². The maximum Gasteiger partial charge on any atom is 0.291 e. The summed E-state index contributed by atoms with van der Waals surface area (Å²) in [4.78, 5) is 47.8. The second-order valence-electron chi connectivity index (χ2n) is 5.10. The molecule has 19 heavy (non-hydrogen) atoms. The smallest absolute Gasteiger partial charge is 0.291 e. The molecular weight excluding hydrogens is 250 g/mol. The molecule has 2 aliphatic rings. The van der Waals surface area contributed by atoms with Crippen molar-refractivity contribution < 1.29 is 19.2 Å². The number of amides is 3. The van der Waals surface area contributed by atoms with Crippen molar-refractivity contribution in [3.8, 4) is 0 Å². The van der Waals surface area contributed by atoms with Gasteiger partial charge in [-0.1, -0.05) is 19.3 Å². The van der Waals surface area contributed by atoms with E-state index in [1.165, 1.54) is 4.90 Å². The SMILES string of the molecule is NC(=O)[C@@H]1C(=O)C(=O)N(C2CCCCC2)[C@H]1C(N)=O. The molecule has 1 aliphatic carbocycles. The average molecular weight is 267 g/mol. The number of primary amides is 2. The quantitative estimate of drug-likeness (QED) is 0.486. The summed E-state index contributed by atoms with van der Waals surface area (Å²) in [6, 6.07) is -1.42. The summed E-state index contributed by atoms with van der Waals surface area (Å²) in [5, 5.41) is 0. The Balaban J connectivity index is 2.34. The molecule has 1 saturated heterocycles. The zero-order valence-corrected chi connectivity index (χ0v) is 10.5. The van der Waals surface area contributed by atoms with Gasteiger partial charge in [0, 0.05) is 6.04 Å². The van der Waals surface area contributed by atoms with Gasteiger partial charge >= 0.3 is 0 Å². The van der Waals surface area contributed by atoms with Gasteiger partial charge in [0.05, 0.1) is 0 Å². The monoisotopic (exact) mass is 267 g/mol. The Bertz CT molecular complexity index is 442. The van der Waals surface area contributed by atoms with Gasteiger partial charge in [0.15, 0.2) is 0 Å². The normalized spacial score (nSPS) is 28.7. The maximum absolute atomic E-state index is 12.0. The molecule has 0 unspecified atom stereocenters. The van der Waals surface area contributed by atoms with Gasteiger partial charge in [0.1, 0.15) is 12.0 Å². The lowest BCUT2D eigenvalue weighted by Gasteiger charge is -2.34. The van der Waals surface area contributed by atoms with Crippen LogP contribution < -0.4 is 11.5 Å². The van der Waals surface area contributed by atoms with Gasteiger partial charge in [-0.25, -0.2) is 0 Å². The molecule has 4 N–H and O–H groups in total. The Kier molecular flexibility index (Phi) is 3.55. The summed E-state index contributed by atoms with van der Waals surface area (Å²) in [5.41, 5.74) is 10.4. The van der Waals surface area contributed by atoms with Crippen molar-refractivity contribution >= 4 is 23.5 Å². The van der Waals surface area contributed by atoms with Gasteiger partial charge in [-0.05, 0) is 12.8 Å². The van der Waals surface area contributed by atoms with Crippen LogP contribution in [-0.2, 0) is 19.2 Å². The number of likely N-dealkylation sites (tertiary alicyclic amines) is 1. The van der Waals surface area contributed by atoms with Gasteiger partial charge in [0.2, 0.25) is 17.6 Å². The van der Waals surface area contributed by atoms with Crippen molar-refractivity contribution in [3.05, 3.63) is 0 Å². The highest BCUT2D eigenvalue weighted by molar-refractivity contribution is 6.44. The van der Waals surface area contributed by atoms with E-state index in [1.807, 2.05) is 0 Å². The maximum atomic E-state index is 12.0. The molecule has 0 aromatic heterocycles. The van der Waals surface area contributed by atoms with Gasteiger partial charge in [-0.2, -0.15) is 0 Å². The molecule has 2 fully saturated rings. The van der Waals surface area contributed by atoms with Crippen LogP contribution >= 0.6 is 0 Å². The predicted octanol–water partition coefficient (Wildman–Crippen LogP) is -1.31. The van der Waals surface area contributed by atoms with E-state index in [0.717, 1.165) is 19.3 Å². The summed E-state index contributed by atoms with van der Waals surface area (Å²) < 4.78 is 0. The molecule has 1 saturated carbocycles. The van der Waals surface area contributed by atoms with Crippen LogP contribution in [0.15, 0.2) is 0 Å². The average Bonchev–Trinajstić information content (AvgIpc) is 2.64. The lowest BCUT2D eigenvalue weighted by molar-refractivity contribution is -0.143. The number of ketones is 1. The fourth-order valence-corrected chi connectivity index (χ4v) is 3.03. The van der Waals surface area contributed by atoms with Gasteiger partial charge < -0.3 is 16.4 Å². The molecule has 7 nitrogen and oxygen atoms in total. The first-order valence-electron chi connectivity index (χ1n) is 6.40. The molecule has 0 aromatic carbocycles. The molecule has 0 radical (unpaired) electrons. The number of nitrogens with two attached hydrogens (primary N) is 2. The van der Waals surface area contributed by atoms with Crippen molar-refractivity contribution in [2.24, 2.45) is 17.4 Å². The molecule has 1 heterocycles. The highest BCUT2D eigenvalue weighted by atomic mass is 16.2. The third-order valence-electron chi connectivity index (χ3n) is 3.91. The van der Waals surface area contributed by atoms with Gasteiger partial charge in [-0.3, -0.25) is 19.2 Å². The fourth-order valence-electron chi connectivity index (χ4n) is 3.03. The molecule has 104 valence electrons. The third-order valence-corrected chi connectivity index (χ3v) is 3.91. The van der Waals surface area contributed by atoms with Crippen LogP contribution in [0.25, 0.3) is 0 Å². The van der Waals surface area contributed by atoms with Crippen molar-refractivity contribution in [3.63, 3.8) is 0 Å². The topological polar surface area (TPSA) is 124 Å². The van der Waals surface area contributed by atoms with Crippen LogP contribution in [0.1, 0.15) is 32.1 Å². The molecule has 7 heteroatoms. The summed E-state index contributed by atoms with van der Waals surface area (Å²) in [6.07, 6.45) is 4.35. The first-order chi connectivity index (χ1) is 8.95. The number of hydrogen-bond acceptors (Lipinski definition) is 4. The van der Waals surface area contributed by atoms with Crippen molar-refractivity contribution in [2.75, 3.05) is 0 Å². The number of carbonyl (C=O) groups excluding carboxylic acids is 4. The van der Waals surface area contributed by atoms with Crippen LogP contribution in [0, 0.1) is 5.92 Å². The highest BCUT2D eigenvalue weighted by Crippen LogP contribution is 2.31. The number of hydrogen-bond donors (Lipinski definition) is 2. The molecule has 1 aliphatic heterocycles. The molecular formula is C12H17N3O4. The summed E-state index contributed by atoms with van der Waals surface area (Å²) in [5.74, 6) is -4.98. The van der Waals surface area contributed by atoms with Crippen molar-refractivity contribution in [1.82, 2.24) is 4.90 Å². The van der Waals surface area contributed by atoms with Crippen LogP contribution in [0.2, 0.25) is 0 Å². The van der Waals surface area contributed by atoms with Crippen LogP contribution in [0.3, 0.4) is 0 Å². The molecule has 0 spiro atoms. The molecule has 2 rings (SSSR count). The molecule has 3 amide bonds. The lowest BCUT2D eigenvalue weighted by atomic mass is 9.92. The Morgan fingerprint density at radius 1 is 1.00 bits per heavy atom. The second-order valence-corrected chi connectivity index (χ2v) is 5.10. The summed E-state index contributed by atoms with van der Waals surface area (Å²) in [7, 11) is 0. The predicted molar refractivity (Wildman–Crippen MR) is 64.4 cm³/mol. The van der Waals surface area contributed by atoms with E-state index in [0.29, 0.717) is 12.8 Å². The van der Waals surface area contributed by atoms with Gasteiger partial charge in [0.25, 0.3) is 5.91 Å². The fraction of sp³-hybridized carbons (Fsp3) is 0.667. The first kappa shape index (κ1) is 13.5. The lowest BCUT2D eigenvalue weighted by Crippen LogP contribution is -2.52. The third kappa shape index (κ3) is 2.20. The van der Waals surface area contributed by atoms with E-state index in [1.54, 1.807) is 0 Å². The zero-order valence-electron chi connectivity index (χ0n) is 10.5. The Morgan fingerprint density at radius 3 is 2.05 bits per heavy atom. The number of carbonyl (C=O) groups is 4. The Hall–Kier alpha value is -1.92. The minimum Gasteiger partial charge on any atom is -0.369 e. The largest absolute Gasteiger partial charge is 0.369 e. The Labute approximate surface area is 110 Å². The first-order valence-corrected chi connectivity index (χ1v) is 6.40. The second kappa shape index (κ2) is 4.99. The standard InChI is InChI=1S/C12H17N3O4/c13-10(17)7-8(11(14)18)15(12(19)9(7)16)6-4-2-1-3-5-6/h6-8H,1-5H2,(H2,13,17)(H2,14,18)/t7-,8+/m0/s1. The molecule has 0 bridgehead atoms. The number of Topliss-reactive ketones (excluding diaryl/α,β-unsaturated/α-hetero) is 1. The van der Waals surface area contributed by atoms with Crippen molar-refractivity contribution in [1.29, 1.82) is 0 Å². The molecule has 2 atom stereocenters. The van der Waals surface area contributed by atoms with E-state index < -0.39 is 35.5 Å². The highest BCUT2D eigenvalue weighted by Gasteiger charge is 2.54.